The average molecular weight is 380 g/mol. The number of halogens is 1. The van der Waals surface area contributed by atoms with Crippen molar-refractivity contribution in [2.75, 3.05) is 13.1 Å². The second kappa shape index (κ2) is 7.22. The number of rotatable bonds is 3. The van der Waals surface area contributed by atoms with E-state index in [-0.39, 0.29) is 34.2 Å². The number of pyridine rings is 1. The fraction of sp³-hybridized carbons (Fsp3) is 0.200. The average Bonchev–Trinajstić information content (AvgIpc) is 3.17. The molecule has 142 valence electrons. The summed E-state index contributed by atoms with van der Waals surface area (Å²) in [6, 6.07) is 10.1. The molecule has 1 amide bonds. The number of carbonyl (C=O) groups is 1. The molecular weight excluding hydrogens is 363 g/mol. The molecule has 0 saturated carbocycles. The molecule has 1 saturated heterocycles. The Bertz CT molecular complexity index is 1150. The van der Waals surface area contributed by atoms with Crippen molar-refractivity contribution in [2.45, 2.75) is 12.3 Å². The molecule has 1 aliphatic heterocycles. The molecule has 1 fully saturated rings. The van der Waals surface area contributed by atoms with E-state index in [4.69, 9.17) is 0 Å². The Morgan fingerprint density at radius 2 is 2.04 bits per heavy atom. The number of hydrogen-bond acceptors (Lipinski definition) is 4. The van der Waals surface area contributed by atoms with Crippen LogP contribution in [0.2, 0.25) is 0 Å². The van der Waals surface area contributed by atoms with Crippen molar-refractivity contribution < 1.29 is 9.18 Å². The Labute approximate surface area is 158 Å². The van der Waals surface area contributed by atoms with Crippen LogP contribution in [-0.4, -0.2) is 38.8 Å². The van der Waals surface area contributed by atoms with Crippen LogP contribution >= 0.6 is 0 Å². The second-order valence-electron chi connectivity index (χ2n) is 6.68. The van der Waals surface area contributed by atoms with Crippen LogP contribution in [0.3, 0.4) is 0 Å². The molecule has 28 heavy (non-hydrogen) atoms. The Kier molecular flexibility index (Phi) is 4.60. The maximum Gasteiger partial charge on any atom is 0.257 e. The van der Waals surface area contributed by atoms with Crippen molar-refractivity contribution >= 4 is 5.91 Å². The molecule has 8 heteroatoms. The van der Waals surface area contributed by atoms with Gasteiger partial charge in [0.25, 0.3) is 17.0 Å². The van der Waals surface area contributed by atoms with Crippen LogP contribution in [0.1, 0.15) is 28.5 Å². The third-order valence-electron chi connectivity index (χ3n) is 4.79. The summed E-state index contributed by atoms with van der Waals surface area (Å²) in [5.41, 5.74) is 0.182. The lowest BCUT2D eigenvalue weighted by Gasteiger charge is -2.16. The van der Waals surface area contributed by atoms with Crippen molar-refractivity contribution in [3.63, 3.8) is 0 Å². The minimum Gasteiger partial charge on any atom is -0.338 e. The largest absolute Gasteiger partial charge is 0.338 e. The zero-order valence-corrected chi connectivity index (χ0v) is 14.8. The molecule has 3 aromatic rings. The zero-order chi connectivity index (χ0) is 19.7. The predicted molar refractivity (Wildman–Crippen MR) is 101 cm³/mol. The number of likely N-dealkylation sites (tertiary alicyclic amines) is 1. The lowest BCUT2D eigenvalue weighted by molar-refractivity contribution is 0.0790. The highest BCUT2D eigenvalue weighted by atomic mass is 19.1. The van der Waals surface area contributed by atoms with Gasteiger partial charge < -0.3 is 14.9 Å². The maximum atomic E-state index is 13.4. The number of nitrogens with one attached hydrogen (secondary N) is 2. The van der Waals surface area contributed by atoms with Crippen LogP contribution in [0.4, 0.5) is 4.39 Å². The molecular formula is C20H17FN4O3. The van der Waals surface area contributed by atoms with E-state index in [0.717, 1.165) is 0 Å². The number of aromatic nitrogens is 3. The molecule has 7 nitrogen and oxygen atoms in total. The molecule has 1 aliphatic rings. The van der Waals surface area contributed by atoms with Gasteiger partial charge in [-0.25, -0.2) is 9.37 Å². The summed E-state index contributed by atoms with van der Waals surface area (Å²) in [4.78, 5) is 48.0. The van der Waals surface area contributed by atoms with E-state index < -0.39 is 5.82 Å². The number of H-pyrrole nitrogens is 2. The van der Waals surface area contributed by atoms with Gasteiger partial charge >= 0.3 is 0 Å². The van der Waals surface area contributed by atoms with Gasteiger partial charge in [-0.1, -0.05) is 6.07 Å². The summed E-state index contributed by atoms with van der Waals surface area (Å²) in [6.07, 6.45) is 2.12. The van der Waals surface area contributed by atoms with Crippen LogP contribution in [-0.2, 0) is 0 Å². The molecule has 0 aliphatic carbocycles. The summed E-state index contributed by atoms with van der Waals surface area (Å²) in [7, 11) is 0. The van der Waals surface area contributed by atoms with E-state index in [1.165, 1.54) is 30.5 Å². The van der Waals surface area contributed by atoms with Gasteiger partial charge in [-0.15, -0.1) is 0 Å². The molecule has 1 aromatic carbocycles. The number of carbonyl (C=O) groups excluding carboxylic acids is 1. The first-order valence-corrected chi connectivity index (χ1v) is 8.85. The Balaban J connectivity index is 1.59. The minimum atomic E-state index is -0.464. The highest BCUT2D eigenvalue weighted by molar-refractivity contribution is 5.94. The fourth-order valence-electron chi connectivity index (χ4n) is 3.40. The fourth-order valence-corrected chi connectivity index (χ4v) is 3.40. The standard InChI is InChI=1S/C20H17FN4O3/c21-14-4-1-3-12(9-14)20(28)25-8-6-13(11-25)18-23-16(10-17(26)24-18)15-5-2-7-22-19(15)27/h1-5,7,9-10,13H,6,8,11H2,(H,22,27)(H,23,24,26)/t13-/m0/s1. The molecule has 0 bridgehead atoms. The minimum absolute atomic E-state index is 0.173. The van der Waals surface area contributed by atoms with Crippen LogP contribution in [0.5, 0.6) is 0 Å². The first-order valence-electron chi connectivity index (χ1n) is 8.85. The van der Waals surface area contributed by atoms with E-state index in [2.05, 4.69) is 15.0 Å². The zero-order valence-electron chi connectivity index (χ0n) is 14.8. The first kappa shape index (κ1) is 17.8. The molecule has 2 N–H and O–H groups in total. The molecule has 0 radical (unpaired) electrons. The van der Waals surface area contributed by atoms with Gasteiger partial charge in [-0.2, -0.15) is 0 Å². The van der Waals surface area contributed by atoms with Crippen molar-refractivity contribution in [3.8, 4) is 11.3 Å². The molecule has 3 heterocycles. The van der Waals surface area contributed by atoms with Gasteiger partial charge in [-0.05, 0) is 36.8 Å². The summed E-state index contributed by atoms with van der Waals surface area (Å²) in [5.74, 6) is -0.471. The van der Waals surface area contributed by atoms with Gasteiger partial charge in [0.2, 0.25) is 0 Å². The molecule has 0 unspecified atom stereocenters. The third kappa shape index (κ3) is 3.48. The quantitative estimate of drug-likeness (QED) is 0.725. The number of nitrogens with zero attached hydrogens (tertiary/aromatic N) is 2. The normalized spacial score (nSPS) is 16.3. The molecule has 1 atom stereocenters. The van der Waals surface area contributed by atoms with Crippen molar-refractivity contribution in [1.82, 2.24) is 19.9 Å². The highest BCUT2D eigenvalue weighted by Crippen LogP contribution is 2.26. The van der Waals surface area contributed by atoms with E-state index in [9.17, 15) is 18.8 Å². The summed E-state index contributed by atoms with van der Waals surface area (Å²) in [5, 5.41) is 0. The SMILES string of the molecule is O=C(c1cccc(F)c1)N1CC[C@H](c2nc(-c3ccc[nH]c3=O)cc(=O)[nH]2)C1. The smallest absolute Gasteiger partial charge is 0.257 e. The molecule has 2 aromatic heterocycles. The second-order valence-corrected chi connectivity index (χ2v) is 6.68. The number of benzene rings is 1. The summed E-state index contributed by atoms with van der Waals surface area (Å²) < 4.78 is 13.4. The van der Waals surface area contributed by atoms with E-state index in [1.54, 1.807) is 23.1 Å². The summed E-state index contributed by atoms with van der Waals surface area (Å²) >= 11 is 0. The van der Waals surface area contributed by atoms with Crippen LogP contribution in [0, 0.1) is 5.82 Å². The predicted octanol–water partition coefficient (Wildman–Crippen LogP) is 1.89. The maximum absolute atomic E-state index is 13.4. The van der Waals surface area contributed by atoms with Crippen LogP contribution in [0.25, 0.3) is 11.3 Å². The molecule has 0 spiro atoms. The van der Waals surface area contributed by atoms with Gasteiger partial charge in [-0.3, -0.25) is 14.4 Å². The lowest BCUT2D eigenvalue weighted by atomic mass is 10.1. The highest BCUT2D eigenvalue weighted by Gasteiger charge is 2.30. The first-order chi connectivity index (χ1) is 13.5. The monoisotopic (exact) mass is 380 g/mol. The van der Waals surface area contributed by atoms with Crippen molar-refractivity contribution in [1.29, 1.82) is 0 Å². The van der Waals surface area contributed by atoms with E-state index in [0.29, 0.717) is 30.9 Å². The number of aromatic amines is 2. The van der Waals surface area contributed by atoms with Crippen molar-refractivity contribution in [3.05, 3.63) is 86.6 Å². The van der Waals surface area contributed by atoms with Crippen LogP contribution in [0.15, 0.2) is 58.3 Å². The number of hydrogen-bond donors (Lipinski definition) is 2. The Morgan fingerprint density at radius 1 is 1.18 bits per heavy atom. The Morgan fingerprint density at radius 3 is 2.82 bits per heavy atom. The number of amides is 1. The molecule has 4 rings (SSSR count). The van der Waals surface area contributed by atoms with Gasteiger partial charge in [0.15, 0.2) is 0 Å². The van der Waals surface area contributed by atoms with E-state index in [1.807, 2.05) is 0 Å². The Hall–Kier alpha value is -3.55. The third-order valence-corrected chi connectivity index (χ3v) is 4.79. The van der Waals surface area contributed by atoms with Crippen molar-refractivity contribution in [2.24, 2.45) is 0 Å². The van der Waals surface area contributed by atoms with Gasteiger partial charge in [0.1, 0.15) is 11.6 Å². The van der Waals surface area contributed by atoms with Gasteiger partial charge in [0.05, 0.1) is 11.3 Å². The van der Waals surface area contributed by atoms with Crippen LogP contribution < -0.4 is 11.1 Å². The van der Waals surface area contributed by atoms with E-state index >= 15 is 0 Å². The lowest BCUT2D eigenvalue weighted by Crippen LogP contribution is -2.29. The topological polar surface area (TPSA) is 98.9 Å². The van der Waals surface area contributed by atoms with Gasteiger partial charge in [0, 0.05) is 36.8 Å². The summed E-state index contributed by atoms with van der Waals surface area (Å²) in [6.45, 7) is 0.826.